The second-order valence-corrected chi connectivity index (χ2v) is 9.17. The number of benzene rings is 2. The largest absolute Gasteiger partial charge is 0.351 e. The summed E-state index contributed by atoms with van der Waals surface area (Å²) in [5, 5.41) is 10.5. The minimum Gasteiger partial charge on any atom is -0.351 e. The molecule has 0 atom stereocenters. The molecule has 0 fully saturated rings. The monoisotopic (exact) mass is 421 g/mol. The number of thiophene rings is 1. The van der Waals surface area contributed by atoms with Gasteiger partial charge in [0.2, 0.25) is 5.91 Å². The molecule has 5 nitrogen and oxygen atoms in total. The second-order valence-electron chi connectivity index (χ2n) is 8.14. The molecule has 3 amide bonds. The molecular formula is C24H27N3O2S. The average Bonchev–Trinajstić information content (AvgIpc) is 3.21. The number of carbonyl (C=O) groups is 2. The van der Waals surface area contributed by atoms with Gasteiger partial charge in [-0.05, 0) is 52.3 Å². The van der Waals surface area contributed by atoms with E-state index < -0.39 is 0 Å². The molecule has 3 rings (SSSR count). The van der Waals surface area contributed by atoms with Gasteiger partial charge in [0.1, 0.15) is 0 Å². The summed E-state index contributed by atoms with van der Waals surface area (Å²) in [6.45, 7) is 7.00. The van der Waals surface area contributed by atoms with Crippen molar-refractivity contribution in [3.8, 4) is 0 Å². The minimum atomic E-state index is -0.306. The van der Waals surface area contributed by atoms with Crippen LogP contribution in [0, 0.1) is 0 Å². The van der Waals surface area contributed by atoms with E-state index in [9.17, 15) is 9.59 Å². The van der Waals surface area contributed by atoms with E-state index in [1.165, 1.54) is 5.56 Å². The van der Waals surface area contributed by atoms with E-state index in [0.29, 0.717) is 18.7 Å². The van der Waals surface area contributed by atoms with Crippen molar-refractivity contribution in [3.63, 3.8) is 0 Å². The third-order valence-corrected chi connectivity index (χ3v) is 5.50. The molecule has 0 spiro atoms. The van der Waals surface area contributed by atoms with Crippen LogP contribution in [0.15, 0.2) is 66.0 Å². The van der Waals surface area contributed by atoms with Crippen LogP contribution in [0.1, 0.15) is 36.8 Å². The molecule has 2 aromatic carbocycles. The van der Waals surface area contributed by atoms with Crippen LogP contribution in [0.5, 0.6) is 0 Å². The quantitative estimate of drug-likeness (QED) is 0.488. The van der Waals surface area contributed by atoms with Gasteiger partial charge < -0.3 is 16.0 Å². The van der Waals surface area contributed by atoms with Crippen LogP contribution in [0.2, 0.25) is 0 Å². The maximum atomic E-state index is 12.2. The Kier molecular flexibility index (Phi) is 6.90. The summed E-state index contributed by atoms with van der Waals surface area (Å²) in [6.07, 6.45) is 0.304. The third-order valence-electron chi connectivity index (χ3n) is 4.63. The molecule has 3 N–H and O–H groups in total. The van der Waals surface area contributed by atoms with E-state index >= 15 is 0 Å². The smallest absolute Gasteiger partial charge is 0.323 e. The van der Waals surface area contributed by atoms with Gasteiger partial charge >= 0.3 is 6.03 Å². The Balaban J connectivity index is 1.47. The maximum Gasteiger partial charge on any atom is 0.323 e. The molecule has 6 heteroatoms. The Morgan fingerprint density at radius 3 is 2.00 bits per heavy atom. The minimum absolute atomic E-state index is 0.0273. The third kappa shape index (κ3) is 6.46. The lowest BCUT2D eigenvalue weighted by molar-refractivity contribution is -0.120. The van der Waals surface area contributed by atoms with Gasteiger partial charge in [-0.3, -0.25) is 4.79 Å². The number of hydrogen-bond acceptors (Lipinski definition) is 3. The Hall–Kier alpha value is -3.12. The first kappa shape index (κ1) is 21.6. The van der Waals surface area contributed by atoms with Gasteiger partial charge in [0, 0.05) is 16.3 Å². The summed E-state index contributed by atoms with van der Waals surface area (Å²) >= 11 is 1.62. The lowest BCUT2D eigenvalue weighted by atomic mass is 9.87. The second kappa shape index (κ2) is 9.59. The highest BCUT2D eigenvalue weighted by Crippen LogP contribution is 2.23. The summed E-state index contributed by atoms with van der Waals surface area (Å²) in [5.41, 5.74) is 3.58. The summed E-state index contributed by atoms with van der Waals surface area (Å²) in [7, 11) is 0. The lowest BCUT2D eigenvalue weighted by Crippen LogP contribution is -2.24. The van der Waals surface area contributed by atoms with E-state index in [1.807, 2.05) is 53.9 Å². The van der Waals surface area contributed by atoms with Crippen LogP contribution in [-0.4, -0.2) is 11.9 Å². The SMILES string of the molecule is CC(C)(C)c1ccc(NC(=O)Nc2ccc(CC(=O)NCc3cccs3)cc2)cc1. The highest BCUT2D eigenvalue weighted by molar-refractivity contribution is 7.09. The average molecular weight is 422 g/mol. The zero-order chi connectivity index (χ0) is 21.6. The molecular weight excluding hydrogens is 394 g/mol. The van der Waals surface area contributed by atoms with Gasteiger partial charge in [-0.15, -0.1) is 11.3 Å². The van der Waals surface area contributed by atoms with Crippen molar-refractivity contribution >= 4 is 34.6 Å². The molecule has 0 saturated heterocycles. The van der Waals surface area contributed by atoms with Crippen LogP contribution in [0.4, 0.5) is 16.2 Å². The topological polar surface area (TPSA) is 70.2 Å². The van der Waals surface area contributed by atoms with Crippen molar-refractivity contribution in [3.05, 3.63) is 82.0 Å². The predicted octanol–water partition coefficient (Wildman–Crippen LogP) is 5.55. The van der Waals surface area contributed by atoms with Gasteiger partial charge in [-0.1, -0.05) is 51.1 Å². The predicted molar refractivity (Wildman–Crippen MR) is 124 cm³/mol. The van der Waals surface area contributed by atoms with Crippen molar-refractivity contribution in [2.24, 2.45) is 0 Å². The van der Waals surface area contributed by atoms with Gasteiger partial charge in [0.25, 0.3) is 0 Å². The normalized spacial score (nSPS) is 11.0. The van der Waals surface area contributed by atoms with E-state index in [0.717, 1.165) is 16.1 Å². The molecule has 0 saturated carbocycles. The zero-order valence-corrected chi connectivity index (χ0v) is 18.3. The molecule has 0 aliphatic rings. The fourth-order valence-electron chi connectivity index (χ4n) is 2.90. The number of nitrogens with one attached hydrogen (secondary N) is 3. The Labute approximate surface area is 181 Å². The van der Waals surface area contributed by atoms with Crippen molar-refractivity contribution in [2.45, 2.75) is 39.2 Å². The fraction of sp³-hybridized carbons (Fsp3) is 0.250. The summed E-state index contributed by atoms with van der Waals surface area (Å²) in [5.74, 6) is -0.0273. The van der Waals surface area contributed by atoms with Crippen molar-refractivity contribution in [2.75, 3.05) is 10.6 Å². The van der Waals surface area contributed by atoms with Gasteiger partial charge in [-0.25, -0.2) is 4.79 Å². The van der Waals surface area contributed by atoms with Crippen molar-refractivity contribution in [1.29, 1.82) is 0 Å². The molecule has 156 valence electrons. The summed E-state index contributed by atoms with van der Waals surface area (Å²) in [6, 6.07) is 18.8. The number of hydrogen-bond donors (Lipinski definition) is 3. The van der Waals surface area contributed by atoms with Crippen LogP contribution in [0.25, 0.3) is 0 Å². The number of amides is 3. The molecule has 1 aromatic heterocycles. The number of urea groups is 1. The summed E-state index contributed by atoms with van der Waals surface area (Å²) in [4.78, 5) is 25.4. The molecule has 1 heterocycles. The fourth-order valence-corrected chi connectivity index (χ4v) is 3.54. The van der Waals surface area contributed by atoms with Crippen LogP contribution in [-0.2, 0) is 23.2 Å². The molecule has 3 aromatic rings. The molecule has 0 aliphatic carbocycles. The zero-order valence-electron chi connectivity index (χ0n) is 17.5. The Morgan fingerprint density at radius 2 is 1.47 bits per heavy atom. The lowest BCUT2D eigenvalue weighted by Gasteiger charge is -2.19. The highest BCUT2D eigenvalue weighted by Gasteiger charge is 2.13. The summed E-state index contributed by atoms with van der Waals surface area (Å²) < 4.78 is 0. The number of rotatable bonds is 6. The van der Waals surface area contributed by atoms with Gasteiger partial charge in [0.05, 0.1) is 13.0 Å². The van der Waals surface area contributed by atoms with Gasteiger partial charge in [-0.2, -0.15) is 0 Å². The Morgan fingerprint density at radius 1 is 0.867 bits per heavy atom. The van der Waals surface area contributed by atoms with E-state index in [-0.39, 0.29) is 17.4 Å². The number of anilines is 2. The maximum absolute atomic E-state index is 12.2. The van der Waals surface area contributed by atoms with E-state index in [1.54, 1.807) is 23.5 Å². The molecule has 0 aliphatic heterocycles. The van der Waals surface area contributed by atoms with Crippen molar-refractivity contribution < 1.29 is 9.59 Å². The first-order valence-electron chi connectivity index (χ1n) is 9.86. The molecule has 0 unspecified atom stereocenters. The van der Waals surface area contributed by atoms with E-state index in [4.69, 9.17) is 0 Å². The van der Waals surface area contributed by atoms with E-state index in [2.05, 4.69) is 36.7 Å². The van der Waals surface area contributed by atoms with Gasteiger partial charge in [0.15, 0.2) is 0 Å². The standard InChI is InChI=1S/C24H27N3O2S/c1-24(2,3)18-8-12-20(13-9-18)27-23(29)26-19-10-6-17(7-11-19)15-22(28)25-16-21-5-4-14-30-21/h4-14H,15-16H2,1-3H3,(H,25,28)(H2,26,27,29). The molecule has 30 heavy (non-hydrogen) atoms. The van der Waals surface area contributed by atoms with Crippen LogP contribution >= 0.6 is 11.3 Å². The first-order valence-corrected chi connectivity index (χ1v) is 10.7. The highest BCUT2D eigenvalue weighted by atomic mass is 32.1. The van der Waals surface area contributed by atoms with Crippen LogP contribution < -0.4 is 16.0 Å². The Bertz CT molecular complexity index is 973. The number of carbonyl (C=O) groups excluding carboxylic acids is 2. The first-order chi connectivity index (χ1) is 14.3. The van der Waals surface area contributed by atoms with Crippen molar-refractivity contribution in [1.82, 2.24) is 5.32 Å². The molecule has 0 radical (unpaired) electrons. The molecule has 0 bridgehead atoms. The van der Waals surface area contributed by atoms with Crippen LogP contribution in [0.3, 0.4) is 0 Å².